The highest BCUT2D eigenvalue weighted by atomic mass is 16.5. The molecule has 3 rings (SSSR count). The zero-order valence-electron chi connectivity index (χ0n) is 11.2. The molecule has 2 atom stereocenters. The first-order chi connectivity index (χ1) is 9.72. The van der Waals surface area contributed by atoms with Crippen LogP contribution in [0.2, 0.25) is 0 Å². The number of hydrogen-bond donors (Lipinski definition) is 0. The van der Waals surface area contributed by atoms with Gasteiger partial charge in [-0.05, 0) is 37.6 Å². The summed E-state index contributed by atoms with van der Waals surface area (Å²) >= 11 is 0. The lowest BCUT2D eigenvalue weighted by atomic mass is 10.1. The minimum Gasteiger partial charge on any atom is -0.462 e. The van der Waals surface area contributed by atoms with Crippen LogP contribution in [-0.2, 0) is 4.74 Å². The molecule has 1 heterocycles. The Hall–Kier alpha value is -2.41. The smallest absolute Gasteiger partial charge is 0.338 e. The van der Waals surface area contributed by atoms with Gasteiger partial charge in [0.25, 0.3) is 0 Å². The number of esters is 1. The molecular formula is C16H14N2O2. The van der Waals surface area contributed by atoms with Crippen molar-refractivity contribution in [3.8, 4) is 6.07 Å². The normalized spacial score (nSPS) is 20.4. The second kappa shape index (κ2) is 4.93. The predicted octanol–water partition coefficient (Wildman–Crippen LogP) is 3.04. The first kappa shape index (κ1) is 12.6. The van der Waals surface area contributed by atoms with Crippen LogP contribution in [0.15, 0.2) is 30.3 Å². The van der Waals surface area contributed by atoms with Gasteiger partial charge in [0, 0.05) is 17.0 Å². The van der Waals surface area contributed by atoms with Gasteiger partial charge in [0.15, 0.2) is 0 Å². The number of carbonyl (C=O) groups excluding carboxylic acids is 1. The Morgan fingerprint density at radius 2 is 2.30 bits per heavy atom. The Morgan fingerprint density at radius 1 is 1.45 bits per heavy atom. The van der Waals surface area contributed by atoms with Gasteiger partial charge in [0.05, 0.1) is 29.7 Å². The Morgan fingerprint density at radius 3 is 3.00 bits per heavy atom. The molecule has 1 saturated carbocycles. The fourth-order valence-electron chi connectivity index (χ4n) is 2.35. The van der Waals surface area contributed by atoms with Gasteiger partial charge in [-0.3, -0.25) is 4.98 Å². The highest BCUT2D eigenvalue weighted by Gasteiger charge is 2.39. The van der Waals surface area contributed by atoms with Crippen molar-refractivity contribution < 1.29 is 9.53 Å². The molecule has 4 heteroatoms. The van der Waals surface area contributed by atoms with Gasteiger partial charge < -0.3 is 4.74 Å². The molecule has 2 aromatic rings. The van der Waals surface area contributed by atoms with Crippen molar-refractivity contribution in [2.45, 2.75) is 19.3 Å². The Kier molecular flexibility index (Phi) is 3.11. The first-order valence-corrected chi connectivity index (χ1v) is 6.70. The molecule has 0 spiro atoms. The molecule has 0 aliphatic heterocycles. The molecular weight excluding hydrogens is 252 g/mol. The molecule has 0 bridgehead atoms. The topological polar surface area (TPSA) is 63.0 Å². The molecule has 2 unspecified atom stereocenters. The summed E-state index contributed by atoms with van der Waals surface area (Å²) in [6.07, 6.45) is 0.899. The maximum absolute atomic E-state index is 11.7. The quantitative estimate of drug-likeness (QED) is 0.801. The summed E-state index contributed by atoms with van der Waals surface area (Å²) in [7, 11) is 0. The van der Waals surface area contributed by atoms with Gasteiger partial charge in [0.1, 0.15) is 0 Å². The predicted molar refractivity (Wildman–Crippen MR) is 74.2 cm³/mol. The second-order valence-corrected chi connectivity index (χ2v) is 4.94. The lowest BCUT2D eigenvalue weighted by molar-refractivity contribution is 0.0526. The van der Waals surface area contributed by atoms with Crippen LogP contribution < -0.4 is 0 Å². The van der Waals surface area contributed by atoms with Crippen LogP contribution in [-0.4, -0.2) is 17.6 Å². The highest BCUT2D eigenvalue weighted by molar-refractivity contribution is 5.94. The summed E-state index contributed by atoms with van der Waals surface area (Å²) in [5, 5.41) is 9.78. The standard InChI is InChI=1S/C16H14N2O2/c1-2-20-16(19)11-4-5-14-10(7-11)3-6-15(18-14)13-8-12(13)9-17/h3-7,12-13H,2,8H2,1H3. The van der Waals surface area contributed by atoms with Gasteiger partial charge in [-0.25, -0.2) is 4.79 Å². The van der Waals surface area contributed by atoms with Gasteiger partial charge in [-0.1, -0.05) is 6.07 Å². The fourth-order valence-corrected chi connectivity index (χ4v) is 2.35. The van der Waals surface area contributed by atoms with E-state index in [2.05, 4.69) is 11.1 Å². The summed E-state index contributed by atoms with van der Waals surface area (Å²) in [4.78, 5) is 16.3. The summed E-state index contributed by atoms with van der Waals surface area (Å²) in [5.74, 6) is 0.0677. The van der Waals surface area contributed by atoms with E-state index in [1.54, 1.807) is 19.1 Å². The molecule has 1 fully saturated rings. The van der Waals surface area contributed by atoms with Crippen LogP contribution >= 0.6 is 0 Å². The Labute approximate surface area is 117 Å². The number of carbonyl (C=O) groups is 1. The summed E-state index contributed by atoms with van der Waals surface area (Å²) in [5.41, 5.74) is 2.35. The van der Waals surface area contributed by atoms with Crippen molar-refractivity contribution in [1.82, 2.24) is 4.98 Å². The van der Waals surface area contributed by atoms with Crippen molar-refractivity contribution in [1.29, 1.82) is 5.26 Å². The Balaban J connectivity index is 1.92. The van der Waals surface area contributed by atoms with Crippen LogP contribution in [0.1, 0.15) is 35.3 Å². The van der Waals surface area contributed by atoms with Gasteiger partial charge >= 0.3 is 5.97 Å². The molecule has 1 aliphatic carbocycles. The molecule has 100 valence electrons. The lowest BCUT2D eigenvalue weighted by Gasteiger charge is -2.05. The number of rotatable bonds is 3. The SMILES string of the molecule is CCOC(=O)c1ccc2nc(C3CC3C#N)ccc2c1. The van der Waals surface area contributed by atoms with Crippen LogP contribution in [0.4, 0.5) is 0 Å². The van der Waals surface area contributed by atoms with Crippen molar-refractivity contribution in [3.05, 3.63) is 41.6 Å². The van der Waals surface area contributed by atoms with Crippen LogP contribution in [0.5, 0.6) is 0 Å². The number of nitriles is 1. The lowest BCUT2D eigenvalue weighted by Crippen LogP contribution is -2.04. The maximum atomic E-state index is 11.7. The monoisotopic (exact) mass is 266 g/mol. The average Bonchev–Trinajstić information content (AvgIpc) is 3.26. The van der Waals surface area contributed by atoms with Crippen LogP contribution in [0.3, 0.4) is 0 Å². The maximum Gasteiger partial charge on any atom is 0.338 e. The molecule has 0 amide bonds. The number of hydrogen-bond acceptors (Lipinski definition) is 4. The van der Waals surface area contributed by atoms with Gasteiger partial charge in [-0.15, -0.1) is 0 Å². The second-order valence-electron chi connectivity index (χ2n) is 4.94. The number of pyridine rings is 1. The first-order valence-electron chi connectivity index (χ1n) is 6.70. The highest BCUT2D eigenvalue weighted by Crippen LogP contribution is 2.46. The van der Waals surface area contributed by atoms with Crippen molar-refractivity contribution >= 4 is 16.9 Å². The molecule has 1 aliphatic rings. The third-order valence-electron chi connectivity index (χ3n) is 3.56. The van der Waals surface area contributed by atoms with Gasteiger partial charge in [-0.2, -0.15) is 5.26 Å². The van der Waals surface area contributed by atoms with E-state index in [4.69, 9.17) is 10.00 Å². The van der Waals surface area contributed by atoms with Crippen molar-refractivity contribution in [3.63, 3.8) is 0 Å². The zero-order valence-corrected chi connectivity index (χ0v) is 11.2. The molecule has 0 saturated heterocycles. The summed E-state index contributed by atoms with van der Waals surface area (Å²) in [6, 6.07) is 11.5. The van der Waals surface area contributed by atoms with E-state index < -0.39 is 0 Å². The number of fused-ring (bicyclic) bond motifs is 1. The molecule has 20 heavy (non-hydrogen) atoms. The van der Waals surface area contributed by atoms with E-state index in [-0.39, 0.29) is 17.8 Å². The summed E-state index contributed by atoms with van der Waals surface area (Å²) < 4.78 is 4.98. The number of aromatic nitrogens is 1. The largest absolute Gasteiger partial charge is 0.462 e. The molecule has 0 N–H and O–H groups in total. The third-order valence-corrected chi connectivity index (χ3v) is 3.56. The molecule has 1 aromatic carbocycles. The van der Waals surface area contributed by atoms with E-state index in [0.29, 0.717) is 12.2 Å². The minimum absolute atomic E-state index is 0.110. The number of benzene rings is 1. The van der Waals surface area contributed by atoms with E-state index >= 15 is 0 Å². The fraction of sp³-hybridized carbons (Fsp3) is 0.312. The Bertz CT molecular complexity index is 718. The third kappa shape index (κ3) is 2.23. The molecule has 0 radical (unpaired) electrons. The number of nitrogens with zero attached hydrogens (tertiary/aromatic N) is 2. The summed E-state index contributed by atoms with van der Waals surface area (Å²) in [6.45, 7) is 2.15. The van der Waals surface area contributed by atoms with Crippen molar-refractivity contribution in [2.75, 3.05) is 6.61 Å². The van der Waals surface area contributed by atoms with E-state index in [9.17, 15) is 4.79 Å². The molecule has 1 aromatic heterocycles. The van der Waals surface area contributed by atoms with E-state index in [1.807, 2.05) is 18.2 Å². The van der Waals surface area contributed by atoms with Crippen LogP contribution in [0.25, 0.3) is 10.9 Å². The van der Waals surface area contributed by atoms with Crippen molar-refractivity contribution in [2.24, 2.45) is 5.92 Å². The average molecular weight is 266 g/mol. The van der Waals surface area contributed by atoms with E-state index in [1.165, 1.54) is 0 Å². The van der Waals surface area contributed by atoms with Crippen LogP contribution in [0, 0.1) is 17.2 Å². The van der Waals surface area contributed by atoms with E-state index in [0.717, 1.165) is 23.0 Å². The molecule has 4 nitrogen and oxygen atoms in total. The zero-order chi connectivity index (χ0) is 14.1. The minimum atomic E-state index is -0.315. The van der Waals surface area contributed by atoms with Gasteiger partial charge in [0.2, 0.25) is 0 Å². The number of ether oxygens (including phenoxy) is 1.